The third kappa shape index (κ3) is 16.8. The number of carbonyl (C=O) groups is 2. The number of halogens is 2. The number of nitrogens with zero attached hydrogens (tertiary/aromatic N) is 2. The van der Waals surface area contributed by atoms with Gasteiger partial charge >= 0.3 is 0 Å². The average Bonchev–Trinajstić information content (AvgIpc) is 3.72. The van der Waals surface area contributed by atoms with Crippen LogP contribution in [0.4, 0.5) is 14.5 Å². The Morgan fingerprint density at radius 1 is 1.08 bits per heavy atom. The number of aromatic nitrogens is 1. The minimum absolute atomic E-state index is 0.0302. The lowest BCUT2D eigenvalue weighted by molar-refractivity contribution is -0.118. The second-order valence-corrected chi connectivity index (χ2v) is 12.1. The van der Waals surface area contributed by atoms with E-state index in [0.29, 0.717) is 30.4 Å². The van der Waals surface area contributed by atoms with Crippen molar-refractivity contribution in [2.24, 2.45) is 11.1 Å². The summed E-state index contributed by atoms with van der Waals surface area (Å²) >= 11 is 1.40. The molecule has 0 saturated carbocycles. The summed E-state index contributed by atoms with van der Waals surface area (Å²) in [6.07, 6.45) is 4.01. The van der Waals surface area contributed by atoms with Crippen molar-refractivity contribution in [3.8, 4) is 5.75 Å². The van der Waals surface area contributed by atoms with Crippen molar-refractivity contribution >= 4 is 40.2 Å². The number of oxime groups is 1. The monoisotopic (exact) mass is 702 g/mol. The van der Waals surface area contributed by atoms with Gasteiger partial charge in [-0.25, -0.2) is 13.8 Å². The minimum atomic E-state index is -0.920. The zero-order valence-electron chi connectivity index (χ0n) is 31.2. The first-order valence-corrected chi connectivity index (χ1v) is 17.6. The summed E-state index contributed by atoms with van der Waals surface area (Å²) in [6, 6.07) is 8.21. The van der Waals surface area contributed by atoms with Crippen LogP contribution < -0.4 is 15.4 Å². The molecule has 0 aliphatic carbocycles. The highest BCUT2D eigenvalue weighted by molar-refractivity contribution is 7.12. The number of aryl methyl sites for hydroxylation is 2. The Morgan fingerprint density at radius 2 is 1.71 bits per heavy atom. The number of ketones is 1. The molecule has 8 nitrogen and oxygen atoms in total. The molecule has 0 bridgehead atoms. The second kappa shape index (κ2) is 25.1. The second-order valence-electron chi connectivity index (χ2n) is 10.9. The summed E-state index contributed by atoms with van der Waals surface area (Å²) < 4.78 is 33.8. The molecule has 1 saturated heterocycles. The summed E-state index contributed by atoms with van der Waals surface area (Å²) in [6.45, 7) is 25.8. The van der Waals surface area contributed by atoms with Gasteiger partial charge in [-0.1, -0.05) is 72.7 Å². The number of ether oxygens (including phenoxy) is 1. The molecule has 2 heterocycles. The van der Waals surface area contributed by atoms with E-state index in [0.717, 1.165) is 27.6 Å². The van der Waals surface area contributed by atoms with E-state index >= 15 is 0 Å². The third-order valence-corrected chi connectivity index (χ3v) is 7.69. The SMILES string of the molecule is C=C(O/N=C(\C)c1cc(NC(=O)c2cccc(OC)c2)c(F)cc1F)c1sc(C)nc1C.CC.CC1CCNC1.CCC.CCC(=O)CC. The normalized spacial score (nSPS) is 13.1. The Labute approximate surface area is 296 Å². The predicted octanol–water partition coefficient (Wildman–Crippen LogP) is 10.1. The van der Waals surface area contributed by atoms with E-state index in [1.165, 1.54) is 57.4 Å². The molecule has 1 aliphatic rings. The smallest absolute Gasteiger partial charge is 0.255 e. The van der Waals surface area contributed by atoms with Gasteiger partial charge in [0, 0.05) is 30.0 Å². The van der Waals surface area contributed by atoms with Gasteiger partial charge in [0.25, 0.3) is 5.91 Å². The lowest BCUT2D eigenvalue weighted by Crippen LogP contribution is -2.14. The van der Waals surface area contributed by atoms with Gasteiger partial charge in [-0.15, -0.1) is 11.3 Å². The minimum Gasteiger partial charge on any atom is -0.497 e. The molecule has 1 amide bonds. The van der Waals surface area contributed by atoms with Crippen molar-refractivity contribution in [1.82, 2.24) is 10.3 Å². The van der Waals surface area contributed by atoms with Crippen LogP contribution in [0.25, 0.3) is 5.76 Å². The Morgan fingerprint density at radius 3 is 2.16 bits per heavy atom. The lowest BCUT2D eigenvalue weighted by Gasteiger charge is -2.11. The Kier molecular flexibility index (Phi) is 23.0. The molecular formula is C38H56F2N4O4S. The van der Waals surface area contributed by atoms with Crippen molar-refractivity contribution in [2.45, 2.75) is 94.9 Å². The number of Topliss-reactive ketones (excluding diaryl/α,β-unsaturated/α-hetero) is 1. The van der Waals surface area contributed by atoms with Crippen LogP contribution in [0, 0.1) is 31.4 Å². The molecule has 2 aromatic carbocycles. The highest BCUT2D eigenvalue weighted by atomic mass is 32.1. The number of thiazole rings is 1. The van der Waals surface area contributed by atoms with Crippen LogP contribution in [0.2, 0.25) is 0 Å². The summed E-state index contributed by atoms with van der Waals surface area (Å²) in [5.74, 6) is -0.319. The fraction of sp³-hybridized carbons (Fsp3) is 0.474. The van der Waals surface area contributed by atoms with Crippen LogP contribution in [0.3, 0.4) is 0 Å². The van der Waals surface area contributed by atoms with Gasteiger partial charge in [-0.05, 0) is 70.5 Å². The quantitative estimate of drug-likeness (QED) is 0.131. The van der Waals surface area contributed by atoms with Gasteiger partial charge in [0.15, 0.2) is 5.76 Å². The van der Waals surface area contributed by atoms with E-state index in [9.17, 15) is 18.4 Å². The van der Waals surface area contributed by atoms with Crippen LogP contribution in [0.15, 0.2) is 48.1 Å². The maximum absolute atomic E-state index is 14.4. The number of methoxy groups -OCH3 is 1. The Hall–Kier alpha value is -3.96. The maximum atomic E-state index is 14.4. The molecule has 1 aliphatic heterocycles. The standard InChI is InChI=1S/C23H21F2N3O3S.C5H11N.C5H10O.C3H8.C2H6/c1-12(28-31-14(3)22-13(2)26-15(4)32-22)18-10-21(20(25)11-19(18)24)27-23(29)16-7-6-8-17(9-16)30-5;1-5-2-3-6-4-5;1-3-5(6)4-2;1-3-2;1-2/h6-11H,3H2,1-2,4-5H3,(H,27,29);5-6H,2-4H2,1H3;3-4H2,1-2H3;3H2,1-2H3;1-2H3/b28-12+;;;;. The number of nitrogens with one attached hydrogen (secondary N) is 2. The van der Waals surface area contributed by atoms with E-state index < -0.39 is 17.5 Å². The van der Waals surface area contributed by atoms with Crippen LogP contribution in [-0.4, -0.2) is 42.6 Å². The molecule has 1 aromatic heterocycles. The molecule has 2 N–H and O–H groups in total. The van der Waals surface area contributed by atoms with Gasteiger partial charge in [0.05, 0.1) is 34.1 Å². The number of amides is 1. The molecule has 11 heteroatoms. The van der Waals surface area contributed by atoms with Crippen molar-refractivity contribution in [1.29, 1.82) is 0 Å². The summed E-state index contributed by atoms with van der Waals surface area (Å²) in [5, 5.41) is 10.5. The molecule has 1 atom stereocenters. The molecule has 1 fully saturated rings. The number of carbonyl (C=O) groups excluding carboxylic acids is 2. The molecule has 0 radical (unpaired) electrons. The van der Waals surface area contributed by atoms with E-state index in [2.05, 4.69) is 48.1 Å². The van der Waals surface area contributed by atoms with Gasteiger partial charge < -0.3 is 20.2 Å². The van der Waals surface area contributed by atoms with E-state index in [4.69, 9.17) is 9.57 Å². The van der Waals surface area contributed by atoms with Crippen LogP contribution in [0.5, 0.6) is 5.75 Å². The lowest BCUT2D eigenvalue weighted by atomic mass is 10.1. The van der Waals surface area contributed by atoms with E-state index in [1.54, 1.807) is 18.2 Å². The van der Waals surface area contributed by atoms with Crippen LogP contribution >= 0.6 is 11.3 Å². The first-order valence-electron chi connectivity index (χ1n) is 16.8. The molecule has 49 heavy (non-hydrogen) atoms. The highest BCUT2D eigenvalue weighted by Crippen LogP contribution is 2.26. The Bertz CT molecular complexity index is 1480. The van der Waals surface area contributed by atoms with Crippen LogP contribution in [-0.2, 0) is 9.63 Å². The van der Waals surface area contributed by atoms with Crippen molar-refractivity contribution in [3.63, 3.8) is 0 Å². The van der Waals surface area contributed by atoms with Crippen LogP contribution in [0.1, 0.15) is 113 Å². The summed E-state index contributed by atoms with van der Waals surface area (Å²) in [5.41, 5.74) is 0.920. The van der Waals surface area contributed by atoms with Crippen molar-refractivity contribution in [3.05, 3.63) is 81.3 Å². The average molecular weight is 703 g/mol. The number of anilines is 1. The molecule has 4 rings (SSSR count). The molecular weight excluding hydrogens is 647 g/mol. The predicted molar refractivity (Wildman–Crippen MR) is 201 cm³/mol. The number of hydrogen-bond acceptors (Lipinski definition) is 8. The summed E-state index contributed by atoms with van der Waals surface area (Å²) in [4.78, 5) is 33.1. The first-order chi connectivity index (χ1) is 23.3. The van der Waals surface area contributed by atoms with Gasteiger partial charge in [-0.3, -0.25) is 9.59 Å². The van der Waals surface area contributed by atoms with Crippen molar-refractivity contribution < 1.29 is 27.9 Å². The Balaban J connectivity index is 0.00000111. The molecule has 1 unspecified atom stereocenters. The zero-order valence-corrected chi connectivity index (χ0v) is 32.0. The molecule has 3 aromatic rings. The molecule has 272 valence electrons. The van der Waals surface area contributed by atoms with Crippen molar-refractivity contribution in [2.75, 3.05) is 25.5 Å². The largest absolute Gasteiger partial charge is 0.497 e. The first kappa shape index (κ1) is 45.0. The maximum Gasteiger partial charge on any atom is 0.255 e. The highest BCUT2D eigenvalue weighted by Gasteiger charge is 2.17. The third-order valence-electron chi connectivity index (χ3n) is 6.57. The fourth-order valence-electron chi connectivity index (χ4n) is 3.93. The number of rotatable bonds is 9. The van der Waals surface area contributed by atoms with Gasteiger partial charge in [-0.2, -0.15) is 0 Å². The summed E-state index contributed by atoms with van der Waals surface area (Å²) in [7, 11) is 1.47. The topological polar surface area (TPSA) is 102 Å². The van der Waals surface area contributed by atoms with Gasteiger partial charge in [0.1, 0.15) is 23.2 Å². The number of benzene rings is 2. The van der Waals surface area contributed by atoms with Gasteiger partial charge in [0.2, 0.25) is 0 Å². The molecule has 0 spiro atoms. The number of hydrogen-bond donors (Lipinski definition) is 2. The van der Waals surface area contributed by atoms with E-state index in [1.807, 2.05) is 41.5 Å². The fourth-order valence-corrected chi connectivity index (χ4v) is 4.76. The van der Waals surface area contributed by atoms with E-state index in [-0.39, 0.29) is 28.3 Å². The zero-order chi connectivity index (χ0) is 37.5.